The number of aromatic nitrogens is 1. The van der Waals surface area contributed by atoms with E-state index in [4.69, 9.17) is 17.0 Å². The van der Waals surface area contributed by atoms with E-state index in [1.165, 1.54) is 27.7 Å². The standard InChI is InChI=1S/C22H27N3OS/c1-14(2)23-22(27)25-13-12-18-17-6-4-5-7-19(17)24-20(18)21(25)15-8-10-16(26-3)11-9-15/h4-10,14,16,21,24H,11-13H2,1-3H3,(H,23,27). The van der Waals surface area contributed by atoms with Crippen molar-refractivity contribution in [1.82, 2.24) is 15.2 Å². The van der Waals surface area contributed by atoms with Crippen LogP contribution >= 0.6 is 12.2 Å². The van der Waals surface area contributed by atoms with E-state index in [2.05, 4.69) is 71.5 Å². The summed E-state index contributed by atoms with van der Waals surface area (Å²) in [6.07, 6.45) is 8.70. The van der Waals surface area contributed by atoms with Crippen LogP contribution in [0.4, 0.5) is 0 Å². The van der Waals surface area contributed by atoms with Gasteiger partial charge in [0.05, 0.1) is 12.1 Å². The molecule has 0 fully saturated rings. The van der Waals surface area contributed by atoms with Crippen LogP contribution < -0.4 is 5.32 Å². The number of aromatic amines is 1. The molecule has 4 nitrogen and oxygen atoms in total. The second-order valence-corrected chi connectivity index (χ2v) is 7.97. The number of ether oxygens (including phenoxy) is 1. The number of rotatable bonds is 3. The number of H-pyrrole nitrogens is 1. The van der Waals surface area contributed by atoms with Crippen LogP contribution in [-0.2, 0) is 11.2 Å². The number of methoxy groups -OCH3 is 1. The minimum atomic E-state index is 0.106. The number of benzene rings is 1. The molecule has 2 aromatic rings. The zero-order chi connectivity index (χ0) is 19.0. The number of hydrogen-bond acceptors (Lipinski definition) is 2. The smallest absolute Gasteiger partial charge is 0.169 e. The highest BCUT2D eigenvalue weighted by Gasteiger charge is 2.34. The first-order valence-corrected chi connectivity index (χ1v) is 10.1. The second-order valence-electron chi connectivity index (χ2n) is 7.59. The normalized spacial score (nSPS) is 22.1. The van der Waals surface area contributed by atoms with Crippen LogP contribution in [0.1, 0.15) is 37.6 Å². The van der Waals surface area contributed by atoms with Crippen molar-refractivity contribution in [2.24, 2.45) is 0 Å². The lowest BCUT2D eigenvalue weighted by molar-refractivity contribution is 0.141. The van der Waals surface area contributed by atoms with Gasteiger partial charge in [0.2, 0.25) is 0 Å². The molecule has 142 valence electrons. The van der Waals surface area contributed by atoms with Crippen LogP contribution in [0.5, 0.6) is 0 Å². The van der Waals surface area contributed by atoms with Crippen molar-refractivity contribution in [3.8, 4) is 0 Å². The number of fused-ring (bicyclic) bond motifs is 3. The molecule has 0 amide bonds. The minimum Gasteiger partial charge on any atom is -0.377 e. The van der Waals surface area contributed by atoms with Gasteiger partial charge in [0.1, 0.15) is 0 Å². The first kappa shape index (κ1) is 18.3. The molecule has 0 saturated heterocycles. The fraction of sp³-hybridized carbons (Fsp3) is 0.409. The maximum Gasteiger partial charge on any atom is 0.169 e. The molecule has 1 aliphatic carbocycles. The van der Waals surface area contributed by atoms with Gasteiger partial charge in [-0.05, 0) is 56.1 Å². The topological polar surface area (TPSA) is 40.3 Å². The Labute approximate surface area is 166 Å². The molecule has 1 aliphatic heterocycles. The summed E-state index contributed by atoms with van der Waals surface area (Å²) in [6.45, 7) is 5.17. The van der Waals surface area contributed by atoms with Gasteiger partial charge in [0.15, 0.2) is 5.11 Å². The molecule has 0 bridgehead atoms. The Balaban J connectivity index is 1.77. The fourth-order valence-corrected chi connectivity index (χ4v) is 4.56. The summed E-state index contributed by atoms with van der Waals surface area (Å²) in [7, 11) is 1.76. The van der Waals surface area contributed by atoms with Crippen molar-refractivity contribution >= 4 is 28.2 Å². The van der Waals surface area contributed by atoms with Gasteiger partial charge in [-0.3, -0.25) is 0 Å². The Morgan fingerprint density at radius 3 is 2.85 bits per heavy atom. The number of nitrogens with one attached hydrogen (secondary N) is 2. The molecular weight excluding hydrogens is 354 g/mol. The highest BCUT2D eigenvalue weighted by molar-refractivity contribution is 7.80. The quantitative estimate of drug-likeness (QED) is 0.780. The molecule has 1 aromatic carbocycles. The Morgan fingerprint density at radius 2 is 2.15 bits per heavy atom. The Morgan fingerprint density at radius 1 is 1.33 bits per heavy atom. The van der Waals surface area contributed by atoms with E-state index in [9.17, 15) is 0 Å². The van der Waals surface area contributed by atoms with Crippen molar-refractivity contribution in [3.63, 3.8) is 0 Å². The van der Waals surface area contributed by atoms with Gasteiger partial charge < -0.3 is 19.9 Å². The van der Waals surface area contributed by atoms with Gasteiger partial charge in [-0.2, -0.15) is 0 Å². The largest absolute Gasteiger partial charge is 0.377 e. The highest BCUT2D eigenvalue weighted by Crippen LogP contribution is 2.40. The van der Waals surface area contributed by atoms with E-state index in [0.29, 0.717) is 6.04 Å². The molecule has 0 saturated carbocycles. The number of thiocarbonyl (C=S) groups is 1. The zero-order valence-corrected chi connectivity index (χ0v) is 17.0. The predicted molar refractivity (Wildman–Crippen MR) is 115 cm³/mol. The number of hydrogen-bond donors (Lipinski definition) is 2. The van der Waals surface area contributed by atoms with E-state index in [-0.39, 0.29) is 12.1 Å². The molecule has 2 heterocycles. The summed E-state index contributed by atoms with van der Waals surface area (Å²) in [6, 6.07) is 9.00. The summed E-state index contributed by atoms with van der Waals surface area (Å²) in [5, 5.41) is 5.58. The molecule has 1 aromatic heterocycles. The van der Waals surface area contributed by atoms with Crippen LogP contribution in [0.2, 0.25) is 0 Å². The summed E-state index contributed by atoms with van der Waals surface area (Å²) < 4.78 is 5.48. The molecule has 4 rings (SSSR count). The van der Waals surface area contributed by atoms with Crippen molar-refractivity contribution < 1.29 is 4.74 Å². The molecule has 0 radical (unpaired) electrons. The predicted octanol–water partition coefficient (Wildman–Crippen LogP) is 4.25. The van der Waals surface area contributed by atoms with E-state index >= 15 is 0 Å². The first-order valence-electron chi connectivity index (χ1n) is 9.66. The van der Waals surface area contributed by atoms with Crippen LogP contribution in [0.25, 0.3) is 10.9 Å². The second kappa shape index (κ2) is 7.49. The van der Waals surface area contributed by atoms with Crippen molar-refractivity contribution in [3.05, 3.63) is 59.3 Å². The lowest BCUT2D eigenvalue weighted by atomic mass is 9.89. The van der Waals surface area contributed by atoms with Crippen molar-refractivity contribution in [1.29, 1.82) is 0 Å². The summed E-state index contributed by atoms with van der Waals surface area (Å²) in [5.41, 5.74) is 5.17. The third-order valence-corrected chi connectivity index (χ3v) is 5.77. The lowest BCUT2D eigenvalue weighted by Crippen LogP contribution is -2.48. The number of nitrogens with zero attached hydrogens (tertiary/aromatic N) is 1. The van der Waals surface area contributed by atoms with Gasteiger partial charge in [0, 0.05) is 36.3 Å². The Hall–Kier alpha value is -2.11. The summed E-state index contributed by atoms with van der Waals surface area (Å²) in [5.74, 6) is 0. The van der Waals surface area contributed by atoms with E-state index in [0.717, 1.165) is 24.5 Å². The lowest BCUT2D eigenvalue weighted by Gasteiger charge is -2.39. The fourth-order valence-electron chi connectivity index (χ4n) is 4.13. The third kappa shape index (κ3) is 3.42. The highest BCUT2D eigenvalue weighted by atomic mass is 32.1. The number of para-hydroxylation sites is 1. The molecule has 2 unspecified atom stereocenters. The Kier molecular flexibility index (Phi) is 5.06. The van der Waals surface area contributed by atoms with Gasteiger partial charge >= 0.3 is 0 Å². The maximum absolute atomic E-state index is 5.78. The first-order chi connectivity index (χ1) is 13.1. The Bertz CT molecular complexity index is 911. The third-order valence-electron chi connectivity index (χ3n) is 5.42. The summed E-state index contributed by atoms with van der Waals surface area (Å²) in [4.78, 5) is 6.02. The molecule has 2 N–H and O–H groups in total. The molecular formula is C22H27N3OS. The van der Waals surface area contributed by atoms with Gasteiger partial charge in [-0.1, -0.05) is 36.4 Å². The molecule has 0 spiro atoms. The molecule has 5 heteroatoms. The van der Waals surface area contributed by atoms with E-state index < -0.39 is 0 Å². The zero-order valence-electron chi connectivity index (χ0n) is 16.2. The van der Waals surface area contributed by atoms with Gasteiger partial charge in [0.25, 0.3) is 0 Å². The maximum atomic E-state index is 5.78. The summed E-state index contributed by atoms with van der Waals surface area (Å²) >= 11 is 5.78. The molecule has 2 aliphatic rings. The van der Waals surface area contributed by atoms with Crippen LogP contribution in [0.3, 0.4) is 0 Å². The van der Waals surface area contributed by atoms with Gasteiger partial charge in [-0.15, -0.1) is 0 Å². The van der Waals surface area contributed by atoms with Crippen molar-refractivity contribution in [2.45, 2.75) is 44.9 Å². The van der Waals surface area contributed by atoms with Crippen LogP contribution in [-0.4, -0.2) is 40.8 Å². The monoisotopic (exact) mass is 381 g/mol. The van der Waals surface area contributed by atoms with E-state index in [1.807, 2.05) is 0 Å². The van der Waals surface area contributed by atoms with Gasteiger partial charge in [-0.25, -0.2) is 0 Å². The van der Waals surface area contributed by atoms with Crippen LogP contribution in [0, 0.1) is 0 Å². The average Bonchev–Trinajstić information content (AvgIpc) is 3.05. The van der Waals surface area contributed by atoms with Crippen molar-refractivity contribution in [2.75, 3.05) is 13.7 Å². The van der Waals surface area contributed by atoms with E-state index in [1.54, 1.807) is 7.11 Å². The molecule has 2 atom stereocenters. The minimum absolute atomic E-state index is 0.106. The molecule has 27 heavy (non-hydrogen) atoms. The average molecular weight is 382 g/mol. The van der Waals surface area contributed by atoms with Crippen LogP contribution in [0.15, 0.2) is 48.1 Å². The SMILES string of the molecule is COC1C=CC(C2c3[nH]c4ccccc4c3CCN2C(=S)NC(C)C)=CC1.